The van der Waals surface area contributed by atoms with Crippen molar-refractivity contribution in [3.05, 3.63) is 74.5 Å². The Hall–Kier alpha value is -5.62. The molecule has 62 heavy (non-hydrogen) atoms. The molecule has 1 unspecified atom stereocenters. The Morgan fingerprint density at radius 1 is 0.839 bits per heavy atom. The SMILES string of the molecule is COc1cc(-c2cn(C)c(=O)c3cc(C(=O)NC4CCN(CCCN5CCN(c6ccc7c(c6)C(=O)N(C6CCC(=O)NC6=O)C7=O)CC5)CC4)sc23)cc(OC)c1CN(C)C. The Kier molecular flexibility index (Phi) is 12.5. The lowest BCUT2D eigenvalue weighted by molar-refractivity contribution is -0.136. The molecule has 1 atom stereocenters. The summed E-state index contributed by atoms with van der Waals surface area (Å²) in [7, 11) is 8.96. The summed E-state index contributed by atoms with van der Waals surface area (Å²) in [6.07, 6.45) is 4.75. The van der Waals surface area contributed by atoms with Gasteiger partial charge in [0.05, 0.1) is 41.2 Å². The number of methoxy groups -OCH3 is 2. The van der Waals surface area contributed by atoms with Crippen LogP contribution in [0.5, 0.6) is 11.5 Å². The molecule has 6 heterocycles. The van der Waals surface area contributed by atoms with E-state index in [1.807, 2.05) is 43.4 Å². The first kappa shape index (κ1) is 43.0. The number of rotatable bonds is 13. The van der Waals surface area contributed by atoms with Crippen LogP contribution in [0.1, 0.15) is 68.1 Å². The van der Waals surface area contributed by atoms with Gasteiger partial charge >= 0.3 is 0 Å². The van der Waals surface area contributed by atoms with E-state index in [-0.39, 0.29) is 35.9 Å². The Labute approximate surface area is 364 Å². The summed E-state index contributed by atoms with van der Waals surface area (Å²) < 4.78 is 13.9. The van der Waals surface area contributed by atoms with Crippen molar-refractivity contribution in [1.29, 1.82) is 0 Å². The summed E-state index contributed by atoms with van der Waals surface area (Å²) >= 11 is 1.33. The van der Waals surface area contributed by atoms with Crippen LogP contribution in [-0.4, -0.2) is 146 Å². The third-order valence-electron chi connectivity index (χ3n) is 12.5. The number of carbonyl (C=O) groups excluding carboxylic acids is 5. The number of benzene rings is 2. The van der Waals surface area contributed by atoms with Crippen molar-refractivity contribution < 1.29 is 33.4 Å². The largest absolute Gasteiger partial charge is 0.496 e. The average Bonchev–Trinajstić information content (AvgIpc) is 3.82. The highest BCUT2D eigenvalue weighted by molar-refractivity contribution is 7.21. The number of aryl methyl sites for hydroxylation is 1. The van der Waals surface area contributed by atoms with Gasteiger partial charge in [-0.05, 0) is 94.8 Å². The van der Waals surface area contributed by atoms with E-state index < -0.39 is 29.7 Å². The van der Waals surface area contributed by atoms with Crippen LogP contribution >= 0.6 is 11.3 Å². The van der Waals surface area contributed by atoms with Crippen LogP contribution in [0.4, 0.5) is 5.69 Å². The number of carbonyl (C=O) groups is 5. The van der Waals surface area contributed by atoms with Crippen molar-refractivity contribution in [3.63, 3.8) is 0 Å². The molecule has 0 spiro atoms. The monoisotopic (exact) mass is 866 g/mol. The smallest absolute Gasteiger partial charge is 0.262 e. The standard InChI is InChI=1S/C45H54N8O8S/c1-48(2)25-34-36(60-4)21-27(22-37(34)61-5)33-26-49(3)43(57)32-24-38(62-40(32)33)42(56)46-28-11-15-50(16-12-28)13-6-14-51-17-19-52(20-18-51)29-7-8-30-31(23-29)45(59)53(44(30)58)35-9-10-39(54)47-41(35)55/h7-8,21-24,26,28,35H,6,9-20,25H2,1-5H3,(H,46,56)(H,47,54,55). The van der Waals surface area contributed by atoms with Crippen molar-refractivity contribution in [2.24, 2.45) is 7.05 Å². The van der Waals surface area contributed by atoms with Crippen molar-refractivity contribution in [2.75, 3.05) is 85.6 Å². The summed E-state index contributed by atoms with van der Waals surface area (Å²) in [6, 6.07) is 10.0. The number of anilines is 1. The number of nitrogens with zero attached hydrogens (tertiary/aromatic N) is 6. The molecule has 4 aromatic rings. The first-order valence-corrected chi connectivity index (χ1v) is 22.0. The van der Waals surface area contributed by atoms with Gasteiger partial charge in [-0.25, -0.2) is 0 Å². The molecule has 8 rings (SSSR count). The summed E-state index contributed by atoms with van der Waals surface area (Å²) in [4.78, 5) is 88.2. The molecule has 0 saturated carbocycles. The van der Waals surface area contributed by atoms with Crippen LogP contribution in [0.3, 0.4) is 0 Å². The molecule has 17 heteroatoms. The lowest BCUT2D eigenvalue weighted by Crippen LogP contribution is -2.54. The van der Waals surface area contributed by atoms with Crippen LogP contribution in [0, 0.1) is 0 Å². The highest BCUT2D eigenvalue weighted by Crippen LogP contribution is 2.40. The fraction of sp³-hybridized carbons (Fsp3) is 0.467. The number of fused-ring (bicyclic) bond motifs is 2. The van der Waals surface area contributed by atoms with Crippen LogP contribution in [0.15, 0.2) is 47.4 Å². The van der Waals surface area contributed by atoms with Crippen LogP contribution in [0.2, 0.25) is 0 Å². The Balaban J connectivity index is 0.810. The molecule has 4 aliphatic heterocycles. The molecule has 5 amide bonds. The van der Waals surface area contributed by atoms with Crippen LogP contribution in [-0.2, 0) is 23.2 Å². The van der Waals surface area contributed by atoms with Crippen molar-refractivity contribution in [1.82, 2.24) is 34.8 Å². The van der Waals surface area contributed by atoms with E-state index >= 15 is 0 Å². The summed E-state index contributed by atoms with van der Waals surface area (Å²) in [6.45, 7) is 7.67. The van der Waals surface area contributed by atoms with Gasteiger partial charge in [-0.3, -0.25) is 43.9 Å². The van der Waals surface area contributed by atoms with Gasteiger partial charge in [-0.2, -0.15) is 0 Å². The minimum atomic E-state index is -0.980. The quantitative estimate of drug-likeness (QED) is 0.189. The maximum absolute atomic E-state index is 13.7. The molecular formula is C45H54N8O8S. The summed E-state index contributed by atoms with van der Waals surface area (Å²) in [5.41, 5.74) is 3.88. The Morgan fingerprint density at radius 2 is 1.50 bits per heavy atom. The topological polar surface area (TPSA) is 166 Å². The summed E-state index contributed by atoms with van der Waals surface area (Å²) in [5, 5.41) is 5.99. The van der Waals surface area contributed by atoms with Gasteiger partial charge < -0.3 is 34.1 Å². The van der Waals surface area contributed by atoms with Gasteiger partial charge in [0.2, 0.25) is 11.8 Å². The number of pyridine rings is 1. The third kappa shape index (κ3) is 8.58. The van der Waals surface area contributed by atoms with Gasteiger partial charge in [0.15, 0.2) is 0 Å². The number of hydrogen-bond donors (Lipinski definition) is 2. The number of imide groups is 2. The van der Waals surface area contributed by atoms with Crippen LogP contribution in [0.25, 0.3) is 21.2 Å². The van der Waals surface area contributed by atoms with Crippen molar-refractivity contribution in [3.8, 4) is 22.6 Å². The average molecular weight is 867 g/mol. The maximum atomic E-state index is 13.7. The molecule has 0 aliphatic carbocycles. The highest BCUT2D eigenvalue weighted by atomic mass is 32.1. The van der Waals surface area contributed by atoms with E-state index in [0.717, 1.165) is 104 Å². The van der Waals surface area contributed by atoms with E-state index in [1.54, 1.807) is 44.0 Å². The van der Waals surface area contributed by atoms with Crippen molar-refractivity contribution >= 4 is 56.6 Å². The number of aromatic nitrogens is 1. The second-order valence-electron chi connectivity index (χ2n) is 16.9. The fourth-order valence-electron chi connectivity index (χ4n) is 9.14. The fourth-order valence-corrected chi connectivity index (χ4v) is 10.2. The minimum absolute atomic E-state index is 0.0465. The van der Waals surface area contributed by atoms with Gasteiger partial charge in [-0.15, -0.1) is 11.3 Å². The molecule has 0 bridgehead atoms. The number of nitrogens with one attached hydrogen (secondary N) is 2. The zero-order valence-electron chi connectivity index (χ0n) is 36.0. The maximum Gasteiger partial charge on any atom is 0.262 e. The lowest BCUT2D eigenvalue weighted by atomic mass is 10.0. The molecule has 328 valence electrons. The highest BCUT2D eigenvalue weighted by Gasteiger charge is 2.45. The van der Waals surface area contributed by atoms with E-state index in [9.17, 15) is 28.8 Å². The molecule has 2 aromatic heterocycles. The van der Waals surface area contributed by atoms with Gasteiger partial charge in [0.1, 0.15) is 17.5 Å². The van der Waals surface area contributed by atoms with Gasteiger partial charge in [0, 0.05) is 87.5 Å². The second-order valence-corrected chi connectivity index (χ2v) is 17.9. The zero-order chi connectivity index (χ0) is 43.8. The molecule has 0 radical (unpaired) electrons. The number of amides is 5. The molecule has 16 nitrogen and oxygen atoms in total. The van der Waals surface area contributed by atoms with Crippen molar-refractivity contribution in [2.45, 2.75) is 50.7 Å². The molecular weight excluding hydrogens is 813 g/mol. The number of hydrogen-bond acceptors (Lipinski definition) is 13. The molecule has 3 fully saturated rings. The lowest BCUT2D eigenvalue weighted by Gasteiger charge is -2.37. The Morgan fingerprint density at radius 3 is 2.15 bits per heavy atom. The zero-order valence-corrected chi connectivity index (χ0v) is 36.8. The van der Waals surface area contributed by atoms with E-state index in [2.05, 4.69) is 25.3 Å². The normalized spacial score (nSPS) is 19.1. The number of likely N-dealkylation sites (tertiary alicyclic amines) is 1. The van der Waals surface area contributed by atoms with Gasteiger partial charge in [-0.1, -0.05) is 0 Å². The number of piperazine rings is 1. The molecule has 2 N–H and O–H groups in total. The molecule has 3 saturated heterocycles. The van der Waals surface area contributed by atoms with E-state index in [1.165, 1.54) is 11.3 Å². The number of ether oxygens (including phenoxy) is 2. The minimum Gasteiger partial charge on any atom is -0.496 e. The number of piperidine rings is 2. The first-order chi connectivity index (χ1) is 29.8. The number of thiophene rings is 1. The third-order valence-corrected chi connectivity index (χ3v) is 13.7. The second kappa shape index (κ2) is 18.0. The predicted octanol–water partition coefficient (Wildman–Crippen LogP) is 3.15. The van der Waals surface area contributed by atoms with Gasteiger partial charge in [0.25, 0.3) is 23.3 Å². The predicted molar refractivity (Wildman–Crippen MR) is 236 cm³/mol. The molecule has 4 aliphatic rings. The van der Waals surface area contributed by atoms with E-state index in [4.69, 9.17) is 9.47 Å². The first-order valence-electron chi connectivity index (χ1n) is 21.2. The summed E-state index contributed by atoms with van der Waals surface area (Å²) in [5.74, 6) is -0.793. The Bertz CT molecular complexity index is 2460. The van der Waals surface area contributed by atoms with E-state index in [0.29, 0.717) is 33.9 Å². The molecule has 2 aromatic carbocycles. The van der Waals surface area contributed by atoms with Crippen LogP contribution < -0.4 is 30.6 Å².